The van der Waals surface area contributed by atoms with Gasteiger partial charge in [-0.1, -0.05) is 11.6 Å². The number of carbonyl (C=O) groups is 2. The Labute approximate surface area is 248 Å². The lowest BCUT2D eigenvalue weighted by Crippen LogP contribution is -2.52. The van der Waals surface area contributed by atoms with Crippen molar-refractivity contribution in [2.75, 3.05) is 44.6 Å². The molecule has 3 aliphatic rings. The molecular formula is C30H33ClFN5O5. The smallest absolute Gasteiger partial charge is 0.306 e. The predicted molar refractivity (Wildman–Crippen MR) is 155 cm³/mol. The zero-order valence-corrected chi connectivity index (χ0v) is 23.9. The van der Waals surface area contributed by atoms with Gasteiger partial charge in [0.05, 0.1) is 16.6 Å². The number of hydrogen-bond acceptors (Lipinski definition) is 9. The van der Waals surface area contributed by atoms with Crippen LogP contribution < -0.4 is 14.8 Å². The van der Waals surface area contributed by atoms with E-state index in [1.54, 1.807) is 11.0 Å². The fourth-order valence-electron chi connectivity index (χ4n) is 5.64. The second-order valence-electron chi connectivity index (χ2n) is 10.8. The molecule has 3 heterocycles. The summed E-state index contributed by atoms with van der Waals surface area (Å²) < 4.78 is 31.5. The molecule has 1 atom stereocenters. The Morgan fingerprint density at radius 3 is 2.62 bits per heavy atom. The average molecular weight is 598 g/mol. The first-order valence-electron chi connectivity index (χ1n) is 14.4. The molecule has 12 heteroatoms. The Morgan fingerprint density at radius 1 is 1.07 bits per heavy atom. The normalized spacial score (nSPS) is 19.7. The van der Waals surface area contributed by atoms with E-state index in [2.05, 4.69) is 20.2 Å². The largest absolute Gasteiger partial charge is 0.488 e. The Morgan fingerprint density at radius 2 is 1.88 bits per heavy atom. The molecule has 3 aromatic rings. The molecule has 0 bridgehead atoms. The Hall–Kier alpha value is -3.70. The zero-order valence-electron chi connectivity index (χ0n) is 23.2. The number of hydrogen-bond donors (Lipinski definition) is 1. The van der Waals surface area contributed by atoms with E-state index in [1.165, 1.54) is 18.5 Å². The third-order valence-corrected chi connectivity index (χ3v) is 8.28. The first-order valence-corrected chi connectivity index (χ1v) is 14.8. The van der Waals surface area contributed by atoms with Crippen molar-refractivity contribution in [2.45, 2.75) is 50.7 Å². The van der Waals surface area contributed by atoms with Crippen molar-refractivity contribution in [2.24, 2.45) is 0 Å². The van der Waals surface area contributed by atoms with Gasteiger partial charge in [0.15, 0.2) is 17.6 Å². The van der Waals surface area contributed by atoms with Gasteiger partial charge in [-0.15, -0.1) is 0 Å². The van der Waals surface area contributed by atoms with Gasteiger partial charge in [-0.3, -0.25) is 14.5 Å². The molecule has 1 amide bonds. The van der Waals surface area contributed by atoms with Crippen molar-refractivity contribution < 1.29 is 28.2 Å². The van der Waals surface area contributed by atoms with Gasteiger partial charge >= 0.3 is 5.97 Å². The van der Waals surface area contributed by atoms with Crippen LogP contribution in [0, 0.1) is 5.82 Å². The highest BCUT2D eigenvalue weighted by Crippen LogP contribution is 2.37. The summed E-state index contributed by atoms with van der Waals surface area (Å²) in [5.74, 6) is 0.901. The number of halogens is 2. The lowest BCUT2D eigenvalue weighted by atomic mass is 10.2. The van der Waals surface area contributed by atoms with Gasteiger partial charge in [0.25, 0.3) is 5.91 Å². The van der Waals surface area contributed by atoms with Gasteiger partial charge in [0.2, 0.25) is 0 Å². The van der Waals surface area contributed by atoms with E-state index in [4.69, 9.17) is 25.8 Å². The number of amides is 1. The standard InChI is InChI=1S/C30H33ClFN5O5/c31-22-15-19(5-6-23(22)32)35-29-21-16-27(41-20-3-1-2-4-20)26(17-24(21)33-18-34-29)40-14-13-36-9-11-37(12-10-36)30(39)25-7-8-28(38)42-25/h5-6,15-18,20,25H,1-4,7-14H2,(H,33,34,35). The van der Waals surface area contributed by atoms with Crippen molar-refractivity contribution in [1.29, 1.82) is 0 Å². The molecule has 1 aromatic heterocycles. The van der Waals surface area contributed by atoms with Crippen LogP contribution in [0.2, 0.25) is 5.02 Å². The second kappa shape index (κ2) is 12.7. The maximum atomic E-state index is 13.7. The molecule has 1 unspecified atom stereocenters. The van der Waals surface area contributed by atoms with E-state index in [-0.39, 0.29) is 23.0 Å². The number of cyclic esters (lactones) is 1. The monoisotopic (exact) mass is 597 g/mol. The number of benzene rings is 2. The molecule has 1 N–H and O–H groups in total. The van der Waals surface area contributed by atoms with E-state index < -0.39 is 11.9 Å². The SMILES string of the molecule is O=C1CCC(C(=O)N2CCN(CCOc3cc4ncnc(Nc5ccc(F)c(Cl)c5)c4cc3OC3CCCC3)CC2)O1. The highest BCUT2D eigenvalue weighted by atomic mass is 35.5. The third kappa shape index (κ3) is 6.52. The van der Waals surface area contributed by atoms with E-state index in [1.807, 2.05) is 12.1 Å². The van der Waals surface area contributed by atoms with Crippen molar-refractivity contribution in [3.05, 3.63) is 47.5 Å². The minimum atomic E-state index is -0.633. The Kier molecular flexibility index (Phi) is 8.57. The van der Waals surface area contributed by atoms with Crippen LogP contribution in [0.25, 0.3) is 10.9 Å². The van der Waals surface area contributed by atoms with Gasteiger partial charge < -0.3 is 24.4 Å². The fraction of sp³-hybridized carbons (Fsp3) is 0.467. The summed E-state index contributed by atoms with van der Waals surface area (Å²) in [5.41, 5.74) is 1.28. The Bertz CT molecular complexity index is 1460. The number of nitrogens with one attached hydrogen (secondary N) is 1. The van der Waals surface area contributed by atoms with Gasteiger partial charge in [0, 0.05) is 62.7 Å². The molecule has 2 aromatic carbocycles. The molecule has 10 nitrogen and oxygen atoms in total. The number of aromatic nitrogens is 2. The number of fused-ring (bicyclic) bond motifs is 1. The number of ether oxygens (including phenoxy) is 3. The molecule has 2 saturated heterocycles. The lowest BCUT2D eigenvalue weighted by Gasteiger charge is -2.35. The maximum Gasteiger partial charge on any atom is 0.306 e. The van der Waals surface area contributed by atoms with Gasteiger partial charge in [-0.05, 0) is 49.9 Å². The van der Waals surface area contributed by atoms with Gasteiger partial charge in [-0.25, -0.2) is 14.4 Å². The first kappa shape index (κ1) is 28.4. The van der Waals surface area contributed by atoms with Crippen molar-refractivity contribution in [3.63, 3.8) is 0 Å². The summed E-state index contributed by atoms with van der Waals surface area (Å²) in [4.78, 5) is 36.9. The highest BCUT2D eigenvalue weighted by Gasteiger charge is 2.34. The van der Waals surface area contributed by atoms with Crippen LogP contribution in [0.4, 0.5) is 15.9 Å². The molecule has 0 spiro atoms. The van der Waals surface area contributed by atoms with Crippen LogP contribution in [0.5, 0.6) is 11.5 Å². The summed E-state index contributed by atoms with van der Waals surface area (Å²) in [6.07, 6.45) is 5.97. The minimum absolute atomic E-state index is 0.0200. The zero-order chi connectivity index (χ0) is 29.1. The number of carbonyl (C=O) groups excluding carboxylic acids is 2. The summed E-state index contributed by atoms with van der Waals surface area (Å²) in [7, 11) is 0. The van der Waals surface area contributed by atoms with Crippen LogP contribution in [-0.4, -0.2) is 83.2 Å². The molecule has 0 radical (unpaired) electrons. The van der Waals surface area contributed by atoms with Crippen LogP contribution in [0.3, 0.4) is 0 Å². The minimum Gasteiger partial charge on any atom is -0.488 e. The van der Waals surface area contributed by atoms with E-state index >= 15 is 0 Å². The molecular weight excluding hydrogens is 565 g/mol. The molecule has 42 heavy (non-hydrogen) atoms. The molecule has 6 rings (SSSR count). The maximum absolute atomic E-state index is 13.7. The predicted octanol–water partition coefficient (Wildman–Crippen LogP) is 4.72. The quantitative estimate of drug-likeness (QED) is 0.351. The summed E-state index contributed by atoms with van der Waals surface area (Å²) in [6.45, 7) is 3.73. The van der Waals surface area contributed by atoms with Crippen LogP contribution in [-0.2, 0) is 14.3 Å². The molecule has 222 valence electrons. The lowest BCUT2D eigenvalue weighted by molar-refractivity contribution is -0.153. The summed E-state index contributed by atoms with van der Waals surface area (Å²) in [6, 6.07) is 8.18. The number of rotatable bonds is 9. The van der Waals surface area contributed by atoms with Crippen molar-refractivity contribution in [1.82, 2.24) is 19.8 Å². The highest BCUT2D eigenvalue weighted by molar-refractivity contribution is 6.31. The van der Waals surface area contributed by atoms with Crippen LogP contribution in [0.1, 0.15) is 38.5 Å². The second-order valence-corrected chi connectivity index (χ2v) is 11.3. The number of piperazine rings is 1. The number of anilines is 2. The van der Waals surface area contributed by atoms with Gasteiger partial charge in [-0.2, -0.15) is 0 Å². The Balaban J connectivity index is 1.12. The topological polar surface area (TPSA) is 106 Å². The third-order valence-electron chi connectivity index (χ3n) is 7.99. The summed E-state index contributed by atoms with van der Waals surface area (Å²) >= 11 is 5.98. The average Bonchev–Trinajstić information content (AvgIpc) is 3.67. The van der Waals surface area contributed by atoms with Crippen LogP contribution in [0.15, 0.2) is 36.7 Å². The number of nitrogens with zero attached hydrogens (tertiary/aromatic N) is 4. The van der Waals surface area contributed by atoms with Crippen molar-refractivity contribution in [3.8, 4) is 11.5 Å². The van der Waals surface area contributed by atoms with E-state index in [9.17, 15) is 14.0 Å². The molecule has 1 aliphatic carbocycles. The van der Waals surface area contributed by atoms with Gasteiger partial charge in [0.1, 0.15) is 24.6 Å². The van der Waals surface area contributed by atoms with E-state index in [0.29, 0.717) is 80.7 Å². The van der Waals surface area contributed by atoms with E-state index in [0.717, 1.165) is 31.1 Å². The molecule has 2 aliphatic heterocycles. The first-order chi connectivity index (χ1) is 20.4. The number of esters is 1. The molecule has 3 fully saturated rings. The van der Waals surface area contributed by atoms with Crippen LogP contribution >= 0.6 is 11.6 Å². The molecule has 1 saturated carbocycles. The fourth-order valence-corrected chi connectivity index (χ4v) is 5.83. The summed E-state index contributed by atoms with van der Waals surface area (Å²) in [5, 5.41) is 3.98. The van der Waals surface area contributed by atoms with Crippen molar-refractivity contribution >= 4 is 45.9 Å².